The highest BCUT2D eigenvalue weighted by Crippen LogP contribution is 2.37. The topological polar surface area (TPSA) is 70.7 Å². The summed E-state index contributed by atoms with van der Waals surface area (Å²) in [4.78, 5) is 15.4. The van der Waals surface area contributed by atoms with Crippen molar-refractivity contribution in [1.29, 1.82) is 0 Å². The summed E-state index contributed by atoms with van der Waals surface area (Å²) in [5.74, 6) is 2.89. The van der Waals surface area contributed by atoms with Crippen LogP contribution >= 0.6 is 23.1 Å². The van der Waals surface area contributed by atoms with Gasteiger partial charge >= 0.3 is 0 Å². The van der Waals surface area contributed by atoms with Crippen LogP contribution in [0.5, 0.6) is 11.5 Å². The maximum Gasteiger partial charge on any atom is 0.263 e. The molecule has 1 aliphatic heterocycles. The van der Waals surface area contributed by atoms with Crippen LogP contribution in [0.4, 0.5) is 0 Å². The van der Waals surface area contributed by atoms with Crippen LogP contribution in [0.1, 0.15) is 28.8 Å². The van der Waals surface area contributed by atoms with Crippen molar-refractivity contribution in [2.75, 3.05) is 6.79 Å². The Hall–Kier alpha value is -2.52. The molecule has 0 N–H and O–H groups in total. The first-order chi connectivity index (χ1) is 14.2. The van der Waals surface area contributed by atoms with E-state index in [-0.39, 0.29) is 12.4 Å². The van der Waals surface area contributed by atoms with Gasteiger partial charge in [-0.25, -0.2) is 4.40 Å². The molecule has 0 atom stereocenters. The van der Waals surface area contributed by atoms with Gasteiger partial charge in [0.2, 0.25) is 12.6 Å². The van der Waals surface area contributed by atoms with Gasteiger partial charge in [0.25, 0.3) is 5.56 Å². The van der Waals surface area contributed by atoms with Gasteiger partial charge in [-0.2, -0.15) is 0 Å². The standard InChI is InChI=1S/C20H18N4O3S2/c1-23-17(25)16-12-4-2-3-5-15(12)29-18(16)24-19(23)21-22-20(24)28-9-11-6-7-13-14(8-11)27-10-26-13/h6-8H,2-5,9-10H2,1H3. The second-order valence-electron chi connectivity index (χ2n) is 7.35. The largest absolute Gasteiger partial charge is 0.454 e. The lowest BCUT2D eigenvalue weighted by molar-refractivity contribution is 0.174. The van der Waals surface area contributed by atoms with Crippen LogP contribution in [0.25, 0.3) is 16.0 Å². The highest BCUT2D eigenvalue weighted by Gasteiger charge is 2.24. The number of aryl methyl sites for hydroxylation is 3. The molecule has 0 spiro atoms. The van der Waals surface area contributed by atoms with Crippen molar-refractivity contribution in [3.8, 4) is 11.5 Å². The zero-order chi connectivity index (χ0) is 19.5. The summed E-state index contributed by atoms with van der Waals surface area (Å²) in [6, 6.07) is 5.99. The van der Waals surface area contributed by atoms with E-state index in [2.05, 4.69) is 14.6 Å². The van der Waals surface area contributed by atoms with E-state index in [4.69, 9.17) is 9.47 Å². The van der Waals surface area contributed by atoms with E-state index in [1.165, 1.54) is 16.9 Å². The number of benzene rings is 1. The van der Waals surface area contributed by atoms with Crippen LogP contribution in [0, 0.1) is 0 Å². The summed E-state index contributed by atoms with van der Waals surface area (Å²) < 4.78 is 14.5. The molecule has 2 aliphatic rings. The zero-order valence-corrected chi connectivity index (χ0v) is 17.4. The minimum atomic E-state index is 0.0339. The molecule has 29 heavy (non-hydrogen) atoms. The number of fused-ring (bicyclic) bond motifs is 6. The Morgan fingerprint density at radius 1 is 1.17 bits per heavy atom. The summed E-state index contributed by atoms with van der Waals surface area (Å²) in [5.41, 5.74) is 2.40. The Bertz CT molecular complexity index is 1340. The van der Waals surface area contributed by atoms with Crippen LogP contribution in [-0.2, 0) is 25.6 Å². The van der Waals surface area contributed by atoms with Crippen molar-refractivity contribution >= 4 is 39.1 Å². The van der Waals surface area contributed by atoms with Crippen LogP contribution < -0.4 is 15.0 Å². The minimum Gasteiger partial charge on any atom is -0.454 e. The third kappa shape index (κ3) is 2.60. The van der Waals surface area contributed by atoms with Gasteiger partial charge in [-0.1, -0.05) is 17.8 Å². The molecule has 0 fully saturated rings. The molecule has 7 nitrogen and oxygen atoms in total. The van der Waals surface area contributed by atoms with Crippen molar-refractivity contribution in [3.05, 3.63) is 44.6 Å². The van der Waals surface area contributed by atoms with Gasteiger partial charge < -0.3 is 9.47 Å². The second kappa shape index (κ2) is 6.50. The molecule has 0 saturated heterocycles. The maximum atomic E-state index is 13.0. The molecule has 4 aromatic rings. The normalized spacial score (nSPS) is 15.3. The molecule has 4 heterocycles. The van der Waals surface area contributed by atoms with E-state index in [0.717, 1.165) is 57.5 Å². The fraction of sp³-hybridized carbons (Fsp3) is 0.350. The first kappa shape index (κ1) is 17.3. The first-order valence-electron chi connectivity index (χ1n) is 9.60. The Morgan fingerprint density at radius 3 is 2.97 bits per heavy atom. The lowest BCUT2D eigenvalue weighted by atomic mass is 9.97. The van der Waals surface area contributed by atoms with Crippen molar-refractivity contribution in [1.82, 2.24) is 19.2 Å². The molecular formula is C20H18N4O3S2. The minimum absolute atomic E-state index is 0.0339. The van der Waals surface area contributed by atoms with Gasteiger partial charge in [-0.15, -0.1) is 21.5 Å². The molecular weight excluding hydrogens is 408 g/mol. The smallest absolute Gasteiger partial charge is 0.263 e. The Labute approximate surface area is 174 Å². The fourth-order valence-corrected chi connectivity index (χ4v) is 6.43. The molecule has 9 heteroatoms. The molecule has 0 radical (unpaired) electrons. The van der Waals surface area contributed by atoms with Gasteiger partial charge in [0.15, 0.2) is 16.7 Å². The van der Waals surface area contributed by atoms with Crippen LogP contribution in [0.2, 0.25) is 0 Å². The van der Waals surface area contributed by atoms with E-state index < -0.39 is 0 Å². The molecule has 1 aromatic carbocycles. The summed E-state index contributed by atoms with van der Waals surface area (Å²) >= 11 is 3.34. The number of thioether (sulfide) groups is 1. The summed E-state index contributed by atoms with van der Waals surface area (Å²) in [6.07, 6.45) is 4.38. The SMILES string of the molecule is Cn1c(=O)c2c3c(sc2n2c(SCc4ccc5c(c4)OCO5)nnc12)CCCC3. The third-order valence-corrected chi connectivity index (χ3v) is 7.87. The zero-order valence-electron chi connectivity index (χ0n) is 15.8. The van der Waals surface area contributed by atoms with Crippen molar-refractivity contribution in [2.45, 2.75) is 36.6 Å². The van der Waals surface area contributed by atoms with E-state index in [0.29, 0.717) is 5.78 Å². The van der Waals surface area contributed by atoms with E-state index in [1.807, 2.05) is 18.2 Å². The number of hydrogen-bond donors (Lipinski definition) is 0. The predicted octanol–water partition coefficient (Wildman–Crippen LogP) is 3.54. The molecule has 0 amide bonds. The number of nitrogens with zero attached hydrogens (tertiary/aromatic N) is 4. The number of rotatable bonds is 3. The van der Waals surface area contributed by atoms with Crippen LogP contribution in [0.15, 0.2) is 28.2 Å². The molecule has 0 unspecified atom stereocenters. The van der Waals surface area contributed by atoms with E-state index >= 15 is 0 Å². The number of thiophene rings is 1. The summed E-state index contributed by atoms with van der Waals surface area (Å²) in [7, 11) is 1.78. The molecule has 0 bridgehead atoms. The lowest BCUT2D eigenvalue weighted by Gasteiger charge is -2.10. The van der Waals surface area contributed by atoms with E-state index in [9.17, 15) is 4.79 Å². The van der Waals surface area contributed by atoms with Gasteiger partial charge in [0.05, 0.1) is 5.39 Å². The number of aromatic nitrogens is 4. The maximum absolute atomic E-state index is 13.0. The summed E-state index contributed by atoms with van der Waals surface area (Å²) in [5, 5.41) is 10.4. The molecule has 148 valence electrons. The van der Waals surface area contributed by atoms with Gasteiger partial charge in [-0.05, 0) is 48.9 Å². The van der Waals surface area contributed by atoms with Crippen LogP contribution in [0.3, 0.4) is 0 Å². The Morgan fingerprint density at radius 2 is 2.03 bits per heavy atom. The molecule has 0 saturated carbocycles. The quantitative estimate of drug-likeness (QED) is 0.467. The highest BCUT2D eigenvalue weighted by atomic mass is 32.2. The van der Waals surface area contributed by atoms with Gasteiger partial charge in [0.1, 0.15) is 4.83 Å². The first-order valence-corrected chi connectivity index (χ1v) is 11.4. The highest BCUT2D eigenvalue weighted by molar-refractivity contribution is 7.98. The lowest BCUT2D eigenvalue weighted by Crippen LogP contribution is -2.20. The number of ether oxygens (including phenoxy) is 2. The van der Waals surface area contributed by atoms with E-state index in [1.54, 1.807) is 34.7 Å². The molecule has 6 rings (SSSR count). The van der Waals surface area contributed by atoms with Crippen molar-refractivity contribution in [3.63, 3.8) is 0 Å². The van der Waals surface area contributed by atoms with Gasteiger partial charge in [-0.3, -0.25) is 9.36 Å². The predicted molar refractivity (Wildman–Crippen MR) is 112 cm³/mol. The Balaban J connectivity index is 1.45. The van der Waals surface area contributed by atoms with Gasteiger partial charge in [0, 0.05) is 17.7 Å². The number of hydrogen-bond acceptors (Lipinski definition) is 7. The average Bonchev–Trinajstić information content (AvgIpc) is 3.45. The van der Waals surface area contributed by atoms with Crippen molar-refractivity contribution in [2.24, 2.45) is 7.05 Å². The monoisotopic (exact) mass is 426 g/mol. The second-order valence-corrected chi connectivity index (χ2v) is 9.38. The summed E-state index contributed by atoms with van der Waals surface area (Å²) in [6.45, 7) is 0.274. The Kier molecular flexibility index (Phi) is 3.89. The molecule has 3 aromatic heterocycles. The average molecular weight is 427 g/mol. The van der Waals surface area contributed by atoms with Crippen molar-refractivity contribution < 1.29 is 9.47 Å². The van der Waals surface area contributed by atoms with Crippen LogP contribution in [-0.4, -0.2) is 26.0 Å². The molecule has 1 aliphatic carbocycles. The third-order valence-electron chi connectivity index (χ3n) is 5.60. The fourth-order valence-electron chi connectivity index (χ4n) is 4.12.